The van der Waals surface area contributed by atoms with E-state index >= 15 is 0 Å². The molecule has 0 saturated carbocycles. The monoisotopic (exact) mass is 260 g/mol. The molecule has 1 aliphatic rings. The minimum atomic E-state index is 1.000. The second-order valence-corrected chi connectivity index (χ2v) is 5.43. The third kappa shape index (κ3) is 1.70. The zero-order valence-electron chi connectivity index (χ0n) is 11.5. The van der Waals surface area contributed by atoms with Gasteiger partial charge in [-0.1, -0.05) is 48.0 Å². The van der Waals surface area contributed by atoms with Crippen molar-refractivity contribution < 1.29 is 4.42 Å². The van der Waals surface area contributed by atoms with Crippen LogP contribution >= 0.6 is 0 Å². The Labute approximate surface area is 118 Å². The van der Waals surface area contributed by atoms with Crippen LogP contribution < -0.4 is 0 Å². The van der Waals surface area contributed by atoms with Crippen molar-refractivity contribution in [1.82, 2.24) is 0 Å². The molecule has 2 aromatic carbocycles. The Morgan fingerprint density at radius 2 is 1.85 bits per heavy atom. The van der Waals surface area contributed by atoms with E-state index in [1.54, 1.807) is 0 Å². The van der Waals surface area contributed by atoms with E-state index in [0.717, 1.165) is 24.2 Å². The number of furan rings is 1. The number of fused-ring (bicyclic) bond motifs is 3. The van der Waals surface area contributed by atoms with Crippen molar-refractivity contribution >= 4 is 17.0 Å². The highest BCUT2D eigenvalue weighted by atomic mass is 16.3. The molecular formula is C19H16O. The minimum Gasteiger partial charge on any atom is -0.456 e. The zero-order valence-corrected chi connectivity index (χ0v) is 11.5. The Bertz CT molecular complexity index is 804. The molecule has 0 amide bonds. The van der Waals surface area contributed by atoms with Crippen LogP contribution in [0.5, 0.6) is 0 Å². The van der Waals surface area contributed by atoms with E-state index in [-0.39, 0.29) is 0 Å². The van der Waals surface area contributed by atoms with Crippen LogP contribution in [0.3, 0.4) is 0 Å². The van der Waals surface area contributed by atoms with Gasteiger partial charge in [0, 0.05) is 10.9 Å². The molecule has 98 valence electrons. The second-order valence-electron chi connectivity index (χ2n) is 5.43. The van der Waals surface area contributed by atoms with Crippen molar-refractivity contribution in [3.8, 4) is 11.1 Å². The third-order valence-electron chi connectivity index (χ3n) is 4.04. The standard InChI is InChI=1S/C19H16O/c1-13-9-11-14(12-10-13)15-6-4-8-18-19(15)16-5-2-3-7-17(16)20-18/h3-4,6-12H,2,5H2,1H3. The van der Waals surface area contributed by atoms with E-state index in [9.17, 15) is 0 Å². The largest absolute Gasteiger partial charge is 0.456 e. The Balaban J connectivity index is 2.02. The van der Waals surface area contributed by atoms with E-state index in [0.29, 0.717) is 0 Å². The van der Waals surface area contributed by atoms with Crippen LogP contribution in [0.25, 0.3) is 28.2 Å². The van der Waals surface area contributed by atoms with Gasteiger partial charge in [0.2, 0.25) is 0 Å². The Morgan fingerprint density at radius 1 is 1.00 bits per heavy atom. The quantitative estimate of drug-likeness (QED) is 0.573. The van der Waals surface area contributed by atoms with E-state index in [1.807, 2.05) is 0 Å². The van der Waals surface area contributed by atoms with Gasteiger partial charge in [-0.05, 0) is 43.0 Å². The molecule has 1 heteroatoms. The molecule has 3 aromatic rings. The van der Waals surface area contributed by atoms with Gasteiger partial charge in [-0.2, -0.15) is 0 Å². The molecule has 0 atom stereocenters. The third-order valence-corrected chi connectivity index (χ3v) is 4.04. The van der Waals surface area contributed by atoms with E-state index in [1.165, 1.54) is 27.6 Å². The van der Waals surface area contributed by atoms with Gasteiger partial charge in [-0.25, -0.2) is 0 Å². The Morgan fingerprint density at radius 3 is 2.70 bits per heavy atom. The Kier molecular flexibility index (Phi) is 2.53. The molecule has 0 N–H and O–H groups in total. The highest BCUT2D eigenvalue weighted by Crippen LogP contribution is 2.37. The van der Waals surface area contributed by atoms with Gasteiger partial charge in [0.15, 0.2) is 0 Å². The fourth-order valence-electron chi connectivity index (χ4n) is 3.01. The second kappa shape index (κ2) is 4.38. The van der Waals surface area contributed by atoms with E-state index in [4.69, 9.17) is 4.42 Å². The summed E-state index contributed by atoms with van der Waals surface area (Å²) in [4.78, 5) is 0. The molecule has 1 nitrogen and oxygen atoms in total. The van der Waals surface area contributed by atoms with Crippen molar-refractivity contribution in [2.45, 2.75) is 19.8 Å². The molecular weight excluding hydrogens is 244 g/mol. The fraction of sp³-hybridized carbons (Fsp3) is 0.158. The summed E-state index contributed by atoms with van der Waals surface area (Å²) in [6.45, 7) is 2.12. The van der Waals surface area contributed by atoms with Gasteiger partial charge in [0.25, 0.3) is 0 Å². The zero-order chi connectivity index (χ0) is 13.5. The van der Waals surface area contributed by atoms with Crippen LogP contribution in [0.15, 0.2) is 53.0 Å². The van der Waals surface area contributed by atoms with Crippen LogP contribution in [0, 0.1) is 6.92 Å². The Hall–Kier alpha value is -2.28. The summed E-state index contributed by atoms with van der Waals surface area (Å²) in [5.74, 6) is 1.03. The molecule has 0 spiro atoms. The van der Waals surface area contributed by atoms with Crippen molar-refractivity contribution in [3.63, 3.8) is 0 Å². The van der Waals surface area contributed by atoms with Gasteiger partial charge < -0.3 is 4.42 Å². The normalized spacial score (nSPS) is 13.7. The summed E-state index contributed by atoms with van der Waals surface area (Å²) in [6, 6.07) is 15.1. The molecule has 0 saturated heterocycles. The first-order valence-corrected chi connectivity index (χ1v) is 7.11. The number of hydrogen-bond donors (Lipinski definition) is 0. The highest BCUT2D eigenvalue weighted by Gasteiger charge is 2.17. The van der Waals surface area contributed by atoms with Gasteiger partial charge in [0.05, 0.1) is 0 Å². The van der Waals surface area contributed by atoms with Crippen LogP contribution in [-0.4, -0.2) is 0 Å². The lowest BCUT2D eigenvalue weighted by Crippen LogP contribution is -1.90. The topological polar surface area (TPSA) is 13.1 Å². The highest BCUT2D eigenvalue weighted by molar-refractivity contribution is 5.98. The van der Waals surface area contributed by atoms with Crippen molar-refractivity contribution in [2.24, 2.45) is 0 Å². The SMILES string of the molecule is Cc1ccc(-c2cccc3oc4c(c23)CCC=C4)cc1. The van der Waals surface area contributed by atoms with Crippen molar-refractivity contribution in [1.29, 1.82) is 0 Å². The molecule has 0 bridgehead atoms. The maximum atomic E-state index is 5.99. The molecule has 1 heterocycles. The molecule has 4 rings (SSSR count). The predicted molar refractivity (Wildman–Crippen MR) is 83.7 cm³/mol. The summed E-state index contributed by atoms with van der Waals surface area (Å²) < 4.78 is 5.99. The molecule has 1 aliphatic carbocycles. The van der Waals surface area contributed by atoms with Crippen LogP contribution in [-0.2, 0) is 6.42 Å². The summed E-state index contributed by atoms with van der Waals surface area (Å²) in [5, 5.41) is 1.29. The maximum Gasteiger partial charge on any atom is 0.135 e. The van der Waals surface area contributed by atoms with Gasteiger partial charge in [-0.15, -0.1) is 0 Å². The van der Waals surface area contributed by atoms with Crippen LogP contribution in [0.2, 0.25) is 0 Å². The van der Waals surface area contributed by atoms with Gasteiger partial charge >= 0.3 is 0 Å². The lowest BCUT2D eigenvalue weighted by molar-refractivity contribution is 0.595. The number of rotatable bonds is 1. The first kappa shape index (κ1) is 11.5. The van der Waals surface area contributed by atoms with Crippen LogP contribution in [0.4, 0.5) is 0 Å². The predicted octanol–water partition coefficient (Wildman–Crippen LogP) is 5.37. The molecule has 1 aromatic heterocycles. The van der Waals surface area contributed by atoms with E-state index < -0.39 is 0 Å². The van der Waals surface area contributed by atoms with Crippen molar-refractivity contribution in [3.05, 3.63) is 65.4 Å². The molecule has 0 radical (unpaired) electrons. The number of aryl methyl sites for hydroxylation is 2. The number of allylic oxidation sites excluding steroid dienone is 1. The minimum absolute atomic E-state index is 1.000. The average Bonchev–Trinajstić information content (AvgIpc) is 2.86. The molecule has 0 fully saturated rings. The van der Waals surface area contributed by atoms with Gasteiger partial charge in [-0.3, -0.25) is 0 Å². The summed E-state index contributed by atoms with van der Waals surface area (Å²) >= 11 is 0. The van der Waals surface area contributed by atoms with E-state index in [2.05, 4.69) is 61.5 Å². The molecule has 0 unspecified atom stereocenters. The smallest absolute Gasteiger partial charge is 0.135 e. The van der Waals surface area contributed by atoms with Gasteiger partial charge in [0.1, 0.15) is 11.3 Å². The fourth-order valence-corrected chi connectivity index (χ4v) is 3.01. The first-order valence-electron chi connectivity index (χ1n) is 7.11. The number of benzene rings is 2. The number of hydrogen-bond acceptors (Lipinski definition) is 1. The van der Waals surface area contributed by atoms with Crippen molar-refractivity contribution in [2.75, 3.05) is 0 Å². The maximum absolute atomic E-state index is 5.99. The first-order chi connectivity index (χ1) is 9.83. The molecule has 0 aliphatic heterocycles. The summed E-state index contributed by atoms with van der Waals surface area (Å²) in [5.41, 5.74) is 6.19. The average molecular weight is 260 g/mol. The molecule has 20 heavy (non-hydrogen) atoms. The van der Waals surface area contributed by atoms with Crippen LogP contribution in [0.1, 0.15) is 23.3 Å². The lowest BCUT2D eigenvalue weighted by Gasteiger charge is -2.07. The summed E-state index contributed by atoms with van der Waals surface area (Å²) in [7, 11) is 0. The lowest BCUT2D eigenvalue weighted by atomic mass is 9.94. The summed E-state index contributed by atoms with van der Waals surface area (Å²) in [6.07, 6.45) is 6.47.